The first-order chi connectivity index (χ1) is 10.7. The van der Waals surface area contributed by atoms with Crippen molar-refractivity contribution in [2.24, 2.45) is 0 Å². The maximum atomic E-state index is 12.1. The van der Waals surface area contributed by atoms with Crippen LogP contribution >= 0.6 is 23.1 Å². The van der Waals surface area contributed by atoms with E-state index in [-0.39, 0.29) is 5.91 Å². The van der Waals surface area contributed by atoms with Gasteiger partial charge in [-0.05, 0) is 25.1 Å². The molecule has 0 bridgehead atoms. The third kappa shape index (κ3) is 3.46. The van der Waals surface area contributed by atoms with Crippen LogP contribution in [0, 0.1) is 6.92 Å². The molecular formula is C14H12N4O2S2. The van der Waals surface area contributed by atoms with Gasteiger partial charge in [-0.15, -0.1) is 11.3 Å². The number of benzene rings is 1. The fraction of sp³-hybridized carbons (Fsp3) is 0.143. The van der Waals surface area contributed by atoms with Crippen LogP contribution in [0.15, 0.2) is 35.8 Å². The Morgan fingerprint density at radius 2 is 2.27 bits per heavy atom. The highest BCUT2D eigenvalue weighted by molar-refractivity contribution is 7.13. The van der Waals surface area contributed by atoms with E-state index in [9.17, 15) is 4.79 Å². The number of carbonyl (C=O) groups excluding carboxylic acids is 1. The molecule has 2 heterocycles. The number of anilines is 1. The van der Waals surface area contributed by atoms with E-state index in [1.165, 1.54) is 11.3 Å². The van der Waals surface area contributed by atoms with Crippen LogP contribution < -0.4 is 10.1 Å². The Kier molecular flexibility index (Phi) is 4.40. The molecule has 0 spiro atoms. The van der Waals surface area contributed by atoms with E-state index in [1.54, 1.807) is 35.8 Å². The number of thiazole rings is 1. The highest BCUT2D eigenvalue weighted by Crippen LogP contribution is 2.18. The molecule has 0 fully saturated rings. The largest absolute Gasteiger partial charge is 0.487 e. The van der Waals surface area contributed by atoms with Crippen LogP contribution in [0.3, 0.4) is 0 Å². The van der Waals surface area contributed by atoms with Gasteiger partial charge in [-0.25, -0.2) is 4.98 Å². The number of ether oxygens (including phenoxy) is 1. The Balaban J connectivity index is 1.67. The van der Waals surface area contributed by atoms with Crippen LogP contribution in [0.5, 0.6) is 5.75 Å². The van der Waals surface area contributed by atoms with Crippen LogP contribution in [-0.2, 0) is 6.61 Å². The van der Waals surface area contributed by atoms with E-state index in [0.717, 1.165) is 23.1 Å². The van der Waals surface area contributed by atoms with Gasteiger partial charge in [-0.2, -0.15) is 8.75 Å². The maximum Gasteiger partial charge on any atom is 0.257 e. The lowest BCUT2D eigenvalue weighted by Crippen LogP contribution is -2.11. The third-order valence-corrected chi connectivity index (χ3v) is 4.22. The van der Waals surface area contributed by atoms with E-state index in [2.05, 4.69) is 19.0 Å². The quantitative estimate of drug-likeness (QED) is 0.777. The number of hydrogen-bond acceptors (Lipinski definition) is 7. The zero-order valence-electron chi connectivity index (χ0n) is 11.6. The van der Waals surface area contributed by atoms with Gasteiger partial charge in [0.25, 0.3) is 5.91 Å². The molecule has 6 nitrogen and oxygen atoms in total. The van der Waals surface area contributed by atoms with Crippen molar-refractivity contribution in [1.29, 1.82) is 0 Å². The molecule has 0 atom stereocenters. The van der Waals surface area contributed by atoms with Crippen LogP contribution in [0.2, 0.25) is 0 Å². The summed E-state index contributed by atoms with van der Waals surface area (Å²) in [5.74, 6) is 0.395. The topological polar surface area (TPSA) is 77.0 Å². The third-order valence-electron chi connectivity index (χ3n) is 2.87. The molecule has 0 aliphatic rings. The van der Waals surface area contributed by atoms with Gasteiger partial charge >= 0.3 is 0 Å². The van der Waals surface area contributed by atoms with Crippen LogP contribution in [0.25, 0.3) is 0 Å². The second-order valence-corrected chi connectivity index (χ2v) is 5.83. The van der Waals surface area contributed by atoms with Gasteiger partial charge in [0.1, 0.15) is 18.1 Å². The Labute approximate surface area is 135 Å². The van der Waals surface area contributed by atoms with Gasteiger partial charge in [0, 0.05) is 17.1 Å². The molecule has 3 rings (SSSR count). The van der Waals surface area contributed by atoms with E-state index >= 15 is 0 Å². The number of aromatic nitrogens is 3. The Bertz CT molecular complexity index is 771. The molecule has 1 amide bonds. The van der Waals surface area contributed by atoms with Crippen LogP contribution in [0.1, 0.15) is 21.7 Å². The summed E-state index contributed by atoms with van der Waals surface area (Å²) in [5.41, 5.74) is 2.19. The first-order valence-electron chi connectivity index (χ1n) is 6.44. The molecule has 0 radical (unpaired) electrons. The lowest BCUT2D eigenvalue weighted by atomic mass is 10.2. The minimum atomic E-state index is -0.216. The Hall–Kier alpha value is -2.32. The second kappa shape index (κ2) is 6.63. The summed E-state index contributed by atoms with van der Waals surface area (Å²) in [7, 11) is 0. The normalized spacial score (nSPS) is 10.4. The predicted octanol–water partition coefficient (Wildman–Crippen LogP) is 3.13. The minimum absolute atomic E-state index is 0.216. The molecule has 0 unspecified atom stereocenters. The molecule has 112 valence electrons. The fourth-order valence-electron chi connectivity index (χ4n) is 1.71. The standard InChI is InChI=1S/C14H12N4O2S2/c1-9-12(18-22-17-9)8-20-11-4-2-3-10(7-11)13(19)16-14-15-5-6-21-14/h2-7H,8H2,1H3,(H,15,16,19). The van der Waals surface area contributed by atoms with Crippen molar-refractivity contribution in [2.75, 3.05) is 5.32 Å². The Morgan fingerprint density at radius 3 is 3.00 bits per heavy atom. The number of amides is 1. The van der Waals surface area contributed by atoms with Gasteiger partial charge in [0.05, 0.1) is 17.4 Å². The number of nitrogens with zero attached hydrogens (tertiary/aromatic N) is 3. The second-order valence-electron chi connectivity index (χ2n) is 4.40. The van der Waals surface area contributed by atoms with Crippen LogP contribution in [-0.4, -0.2) is 19.6 Å². The maximum absolute atomic E-state index is 12.1. The summed E-state index contributed by atoms with van der Waals surface area (Å²) in [6.45, 7) is 2.22. The molecule has 22 heavy (non-hydrogen) atoms. The van der Waals surface area contributed by atoms with Gasteiger partial charge in [0.15, 0.2) is 5.13 Å². The number of carbonyl (C=O) groups is 1. The molecule has 2 aromatic heterocycles. The van der Waals surface area contributed by atoms with E-state index in [4.69, 9.17) is 4.74 Å². The molecule has 3 aromatic rings. The number of aryl methyl sites for hydroxylation is 1. The summed E-state index contributed by atoms with van der Waals surface area (Å²) in [5, 5.41) is 5.11. The molecule has 0 aliphatic carbocycles. The summed E-state index contributed by atoms with van der Waals surface area (Å²) >= 11 is 2.53. The Morgan fingerprint density at radius 1 is 1.36 bits per heavy atom. The average Bonchev–Trinajstić information content (AvgIpc) is 3.17. The molecule has 0 saturated heterocycles. The van der Waals surface area contributed by atoms with Gasteiger partial charge in [-0.1, -0.05) is 6.07 Å². The van der Waals surface area contributed by atoms with E-state index in [1.807, 2.05) is 6.92 Å². The SMILES string of the molecule is Cc1nsnc1COc1cccc(C(=O)Nc2nccs2)c1. The van der Waals surface area contributed by atoms with Crippen molar-refractivity contribution in [3.8, 4) is 5.75 Å². The average molecular weight is 332 g/mol. The summed E-state index contributed by atoms with van der Waals surface area (Å²) in [6, 6.07) is 7.00. The smallest absolute Gasteiger partial charge is 0.257 e. The van der Waals surface area contributed by atoms with Crippen LogP contribution in [0.4, 0.5) is 5.13 Å². The summed E-state index contributed by atoms with van der Waals surface area (Å²) < 4.78 is 13.9. The number of nitrogens with one attached hydrogen (secondary N) is 1. The van der Waals surface area contributed by atoms with Gasteiger partial charge in [-0.3, -0.25) is 10.1 Å². The monoisotopic (exact) mass is 332 g/mol. The van der Waals surface area contributed by atoms with Gasteiger partial charge in [0.2, 0.25) is 0 Å². The zero-order chi connectivity index (χ0) is 15.4. The molecule has 1 N–H and O–H groups in total. The fourth-order valence-corrected chi connectivity index (χ4v) is 2.79. The minimum Gasteiger partial charge on any atom is -0.487 e. The van der Waals surface area contributed by atoms with E-state index in [0.29, 0.717) is 23.1 Å². The number of rotatable bonds is 5. The molecule has 0 saturated carbocycles. The van der Waals surface area contributed by atoms with Crippen molar-refractivity contribution in [3.05, 3.63) is 52.8 Å². The van der Waals surface area contributed by atoms with Gasteiger partial charge < -0.3 is 4.74 Å². The molecular weight excluding hydrogens is 320 g/mol. The lowest BCUT2D eigenvalue weighted by molar-refractivity contribution is 0.102. The first kappa shape index (κ1) is 14.6. The number of hydrogen-bond donors (Lipinski definition) is 1. The van der Waals surface area contributed by atoms with E-state index < -0.39 is 0 Å². The van der Waals surface area contributed by atoms with Crippen molar-refractivity contribution in [1.82, 2.24) is 13.7 Å². The van der Waals surface area contributed by atoms with Crippen molar-refractivity contribution in [2.45, 2.75) is 13.5 Å². The zero-order valence-corrected chi connectivity index (χ0v) is 13.3. The highest BCUT2D eigenvalue weighted by Gasteiger charge is 2.09. The first-order valence-corrected chi connectivity index (χ1v) is 8.05. The van der Waals surface area contributed by atoms with Crippen molar-refractivity contribution >= 4 is 34.1 Å². The van der Waals surface area contributed by atoms with Crippen molar-refractivity contribution in [3.63, 3.8) is 0 Å². The lowest BCUT2D eigenvalue weighted by Gasteiger charge is -2.07. The molecule has 8 heteroatoms. The predicted molar refractivity (Wildman–Crippen MR) is 85.5 cm³/mol. The highest BCUT2D eigenvalue weighted by atomic mass is 32.1. The summed E-state index contributed by atoms with van der Waals surface area (Å²) in [6.07, 6.45) is 1.64. The van der Waals surface area contributed by atoms with Crippen molar-refractivity contribution < 1.29 is 9.53 Å². The summed E-state index contributed by atoms with van der Waals surface area (Å²) in [4.78, 5) is 16.2. The molecule has 0 aliphatic heterocycles. The molecule has 1 aromatic carbocycles.